The number of halogens is 2. The molecule has 0 fully saturated rings. The molecule has 1 amide bonds. The van der Waals surface area contributed by atoms with Gasteiger partial charge in [0.1, 0.15) is 6.07 Å². The summed E-state index contributed by atoms with van der Waals surface area (Å²) in [6, 6.07) is 14.8. The number of hydrogen-bond acceptors (Lipinski definition) is 3. The lowest BCUT2D eigenvalue weighted by Crippen LogP contribution is -2.30. The molecule has 0 aromatic heterocycles. The standard InChI is InChI=1S/C17H15BrClN3O/c1-22(10-12-2-5-14(18)6-3-12)11-17(23)21-16-8-15(19)7-4-13(16)9-20/h2-8H,10-11H2,1H3,(H,21,23). The molecule has 0 aliphatic carbocycles. The molecule has 118 valence electrons. The zero-order valence-corrected chi connectivity index (χ0v) is 14.9. The zero-order chi connectivity index (χ0) is 16.8. The summed E-state index contributed by atoms with van der Waals surface area (Å²) < 4.78 is 1.02. The molecule has 23 heavy (non-hydrogen) atoms. The maximum absolute atomic E-state index is 12.1. The van der Waals surface area contributed by atoms with Crippen molar-refractivity contribution in [3.05, 3.63) is 63.1 Å². The average Bonchev–Trinajstić information content (AvgIpc) is 2.49. The van der Waals surface area contributed by atoms with E-state index in [-0.39, 0.29) is 12.5 Å². The number of carbonyl (C=O) groups is 1. The second-order valence-electron chi connectivity index (χ2n) is 5.15. The summed E-state index contributed by atoms with van der Waals surface area (Å²) in [6.07, 6.45) is 0. The minimum Gasteiger partial charge on any atom is -0.324 e. The van der Waals surface area contributed by atoms with Gasteiger partial charge >= 0.3 is 0 Å². The van der Waals surface area contributed by atoms with E-state index >= 15 is 0 Å². The third-order valence-corrected chi connectivity index (χ3v) is 3.92. The summed E-state index contributed by atoms with van der Waals surface area (Å²) in [4.78, 5) is 14.0. The van der Waals surface area contributed by atoms with Gasteiger partial charge in [0.2, 0.25) is 5.91 Å². The monoisotopic (exact) mass is 391 g/mol. The molecule has 0 saturated heterocycles. The van der Waals surface area contributed by atoms with Gasteiger partial charge in [-0.15, -0.1) is 0 Å². The Morgan fingerprint density at radius 3 is 2.65 bits per heavy atom. The van der Waals surface area contributed by atoms with Crippen LogP contribution in [0.1, 0.15) is 11.1 Å². The number of nitrogens with zero attached hydrogens (tertiary/aromatic N) is 2. The van der Waals surface area contributed by atoms with E-state index in [1.807, 2.05) is 42.3 Å². The summed E-state index contributed by atoms with van der Waals surface area (Å²) in [7, 11) is 1.87. The Bertz CT molecular complexity index is 740. The fraction of sp³-hybridized carbons (Fsp3) is 0.176. The van der Waals surface area contributed by atoms with Crippen molar-refractivity contribution in [2.45, 2.75) is 6.54 Å². The van der Waals surface area contributed by atoms with Gasteiger partial charge in [-0.1, -0.05) is 39.7 Å². The van der Waals surface area contributed by atoms with Crippen LogP contribution in [0.2, 0.25) is 5.02 Å². The molecule has 0 aliphatic rings. The number of anilines is 1. The van der Waals surface area contributed by atoms with Crippen LogP contribution in [0.4, 0.5) is 5.69 Å². The first kappa shape index (κ1) is 17.5. The molecule has 0 aliphatic heterocycles. The van der Waals surface area contributed by atoms with Crippen LogP contribution in [0.3, 0.4) is 0 Å². The van der Waals surface area contributed by atoms with Gasteiger partial charge in [-0.2, -0.15) is 5.26 Å². The predicted octanol–water partition coefficient (Wildman–Crippen LogP) is 4.04. The minimum atomic E-state index is -0.191. The lowest BCUT2D eigenvalue weighted by Gasteiger charge is -2.17. The van der Waals surface area contributed by atoms with Gasteiger partial charge in [-0.3, -0.25) is 9.69 Å². The lowest BCUT2D eigenvalue weighted by molar-refractivity contribution is -0.117. The van der Waals surface area contributed by atoms with E-state index in [1.54, 1.807) is 18.2 Å². The zero-order valence-electron chi connectivity index (χ0n) is 12.5. The smallest absolute Gasteiger partial charge is 0.238 e. The summed E-state index contributed by atoms with van der Waals surface area (Å²) in [5, 5.41) is 12.3. The van der Waals surface area contributed by atoms with E-state index < -0.39 is 0 Å². The number of benzene rings is 2. The van der Waals surface area contributed by atoms with Crippen LogP contribution in [0.5, 0.6) is 0 Å². The van der Waals surface area contributed by atoms with Gasteiger partial charge in [0.15, 0.2) is 0 Å². The molecule has 0 unspecified atom stereocenters. The first-order valence-corrected chi connectivity index (χ1v) is 8.07. The van der Waals surface area contributed by atoms with Crippen molar-refractivity contribution >= 4 is 39.1 Å². The third kappa shape index (κ3) is 5.36. The van der Waals surface area contributed by atoms with Crippen molar-refractivity contribution in [2.24, 2.45) is 0 Å². The van der Waals surface area contributed by atoms with Gasteiger partial charge in [0.25, 0.3) is 0 Å². The summed E-state index contributed by atoms with van der Waals surface area (Å²) in [6.45, 7) is 0.870. The molecule has 6 heteroatoms. The van der Waals surface area contributed by atoms with Gasteiger partial charge in [0.05, 0.1) is 17.8 Å². The minimum absolute atomic E-state index is 0.191. The molecule has 2 aromatic carbocycles. The molecular weight excluding hydrogens is 378 g/mol. The maximum Gasteiger partial charge on any atom is 0.238 e. The fourth-order valence-corrected chi connectivity index (χ4v) is 2.55. The fourth-order valence-electron chi connectivity index (χ4n) is 2.11. The van der Waals surface area contributed by atoms with Crippen LogP contribution in [0.15, 0.2) is 46.9 Å². The highest BCUT2D eigenvalue weighted by molar-refractivity contribution is 9.10. The quantitative estimate of drug-likeness (QED) is 0.835. The molecule has 2 rings (SSSR count). The largest absolute Gasteiger partial charge is 0.324 e. The van der Waals surface area contributed by atoms with Crippen molar-refractivity contribution < 1.29 is 4.79 Å². The predicted molar refractivity (Wildman–Crippen MR) is 95.3 cm³/mol. The Morgan fingerprint density at radius 1 is 1.30 bits per heavy atom. The first-order valence-electron chi connectivity index (χ1n) is 6.90. The molecule has 0 heterocycles. The van der Waals surface area contributed by atoms with E-state index in [0.717, 1.165) is 10.0 Å². The molecule has 0 atom stereocenters. The summed E-state index contributed by atoms with van der Waals surface area (Å²) in [5.41, 5.74) is 1.93. The van der Waals surface area contributed by atoms with Gasteiger partial charge in [-0.25, -0.2) is 0 Å². The Morgan fingerprint density at radius 2 is 2.00 bits per heavy atom. The van der Waals surface area contributed by atoms with Crippen LogP contribution in [0.25, 0.3) is 0 Å². The highest BCUT2D eigenvalue weighted by Crippen LogP contribution is 2.20. The van der Waals surface area contributed by atoms with Gasteiger partial charge in [0, 0.05) is 16.0 Å². The Kier molecular flexibility index (Phi) is 6.17. The maximum atomic E-state index is 12.1. The molecule has 2 aromatic rings. The molecule has 0 saturated carbocycles. The molecule has 1 N–H and O–H groups in total. The third-order valence-electron chi connectivity index (χ3n) is 3.16. The highest BCUT2D eigenvalue weighted by Gasteiger charge is 2.10. The number of carbonyl (C=O) groups excluding carboxylic acids is 1. The van der Waals surface area contributed by atoms with Gasteiger partial charge in [-0.05, 0) is 42.9 Å². The van der Waals surface area contributed by atoms with E-state index in [4.69, 9.17) is 16.9 Å². The van der Waals surface area contributed by atoms with Crippen LogP contribution in [-0.4, -0.2) is 24.4 Å². The number of nitriles is 1. The van der Waals surface area contributed by atoms with Crippen molar-refractivity contribution in [3.8, 4) is 6.07 Å². The van der Waals surface area contributed by atoms with Crippen LogP contribution in [0, 0.1) is 11.3 Å². The highest BCUT2D eigenvalue weighted by atomic mass is 79.9. The van der Waals surface area contributed by atoms with Crippen molar-refractivity contribution in [2.75, 3.05) is 18.9 Å². The van der Waals surface area contributed by atoms with E-state index in [1.165, 1.54) is 0 Å². The number of rotatable bonds is 5. The molecule has 0 radical (unpaired) electrons. The number of hydrogen-bond donors (Lipinski definition) is 1. The number of amides is 1. The van der Waals surface area contributed by atoms with E-state index in [9.17, 15) is 4.79 Å². The summed E-state index contributed by atoms with van der Waals surface area (Å²) >= 11 is 9.30. The average molecular weight is 393 g/mol. The van der Waals surface area contributed by atoms with Gasteiger partial charge < -0.3 is 5.32 Å². The normalized spacial score (nSPS) is 10.4. The second kappa shape index (κ2) is 8.11. The Labute approximate surface area is 148 Å². The number of likely N-dealkylation sites (N-methyl/N-ethyl adjacent to an activating group) is 1. The summed E-state index contributed by atoms with van der Waals surface area (Å²) in [5.74, 6) is -0.191. The van der Waals surface area contributed by atoms with Crippen LogP contribution < -0.4 is 5.32 Å². The van der Waals surface area contributed by atoms with E-state index in [0.29, 0.717) is 22.8 Å². The van der Waals surface area contributed by atoms with E-state index in [2.05, 4.69) is 21.2 Å². The first-order chi connectivity index (χ1) is 11.0. The van der Waals surface area contributed by atoms with Crippen molar-refractivity contribution in [1.29, 1.82) is 5.26 Å². The molecular formula is C17H15BrClN3O. The number of nitrogens with one attached hydrogen (secondary N) is 1. The molecule has 0 bridgehead atoms. The van der Waals surface area contributed by atoms with Crippen molar-refractivity contribution in [1.82, 2.24) is 4.90 Å². The Balaban J connectivity index is 1.95. The van der Waals surface area contributed by atoms with Crippen molar-refractivity contribution in [3.63, 3.8) is 0 Å². The van der Waals surface area contributed by atoms with Crippen LogP contribution >= 0.6 is 27.5 Å². The topological polar surface area (TPSA) is 56.1 Å². The molecule has 4 nitrogen and oxygen atoms in total. The second-order valence-corrected chi connectivity index (χ2v) is 6.50. The molecule has 0 spiro atoms. The Hall–Kier alpha value is -1.87. The lowest BCUT2D eigenvalue weighted by atomic mass is 10.2. The van der Waals surface area contributed by atoms with Crippen LogP contribution in [-0.2, 0) is 11.3 Å². The SMILES string of the molecule is CN(CC(=O)Nc1cc(Cl)ccc1C#N)Cc1ccc(Br)cc1.